The largest absolute Gasteiger partial charge is 0.455 e. The first-order chi connectivity index (χ1) is 11.8. The van der Waals surface area contributed by atoms with Crippen molar-refractivity contribution in [1.29, 1.82) is 5.26 Å². The summed E-state index contributed by atoms with van der Waals surface area (Å²) in [5.74, 6) is 1.77. The Hall–Kier alpha value is -2.13. The van der Waals surface area contributed by atoms with E-state index < -0.39 is 5.92 Å². The van der Waals surface area contributed by atoms with Gasteiger partial charge in [-0.2, -0.15) is 5.26 Å². The Labute approximate surface area is 151 Å². The van der Waals surface area contributed by atoms with Crippen molar-refractivity contribution < 1.29 is 13.9 Å². The van der Waals surface area contributed by atoms with Crippen molar-refractivity contribution in [3.8, 4) is 6.07 Å². The van der Waals surface area contributed by atoms with Crippen LogP contribution in [-0.4, -0.2) is 11.5 Å². The first-order valence-electron chi connectivity index (χ1n) is 8.34. The summed E-state index contributed by atoms with van der Waals surface area (Å²) < 4.78 is 11.5. The summed E-state index contributed by atoms with van der Waals surface area (Å²) >= 11 is 1.58. The molecule has 25 heavy (non-hydrogen) atoms. The predicted molar refractivity (Wildman–Crippen MR) is 95.5 cm³/mol. The van der Waals surface area contributed by atoms with Crippen LogP contribution in [0, 0.1) is 23.7 Å². The molecule has 0 saturated heterocycles. The Bertz CT molecular complexity index is 839. The van der Waals surface area contributed by atoms with E-state index in [-0.39, 0.29) is 22.7 Å². The van der Waals surface area contributed by atoms with E-state index in [0.717, 1.165) is 16.4 Å². The lowest BCUT2D eigenvalue weighted by Crippen LogP contribution is -2.33. The second kappa shape index (κ2) is 6.30. The summed E-state index contributed by atoms with van der Waals surface area (Å²) in [6.45, 7) is 7.97. The lowest BCUT2D eigenvalue weighted by Gasteiger charge is -2.37. The summed E-state index contributed by atoms with van der Waals surface area (Å²) in [6, 6.07) is 4.06. The molecular formula is C19H22N2O3S. The highest BCUT2D eigenvalue weighted by atomic mass is 32.2. The number of nitriles is 1. The Morgan fingerprint density at radius 1 is 1.44 bits per heavy atom. The minimum absolute atomic E-state index is 0.0156. The first kappa shape index (κ1) is 17.7. The molecule has 1 aliphatic heterocycles. The molecule has 0 fully saturated rings. The van der Waals surface area contributed by atoms with Crippen molar-refractivity contribution in [3.05, 3.63) is 40.2 Å². The van der Waals surface area contributed by atoms with Gasteiger partial charge in [-0.25, -0.2) is 0 Å². The lowest BCUT2D eigenvalue weighted by atomic mass is 9.70. The van der Waals surface area contributed by atoms with Crippen LogP contribution in [0.2, 0.25) is 0 Å². The molecule has 0 radical (unpaired) electrons. The number of rotatable bonds is 3. The number of carbonyl (C=O) groups excluding carboxylic acids is 1. The number of Topliss-reactive ketones (excluding diaryl/α,β-unsaturated/α-hetero) is 1. The van der Waals surface area contributed by atoms with E-state index in [1.165, 1.54) is 0 Å². The van der Waals surface area contributed by atoms with E-state index in [4.69, 9.17) is 14.9 Å². The number of allylic oxidation sites excluding steroid dienone is 3. The third-order valence-corrected chi connectivity index (χ3v) is 5.38. The predicted octanol–water partition coefficient (Wildman–Crippen LogP) is 4.15. The highest BCUT2D eigenvalue weighted by molar-refractivity contribution is 7.99. The molecule has 0 unspecified atom stereocenters. The topological polar surface area (TPSA) is 89.3 Å². The van der Waals surface area contributed by atoms with Gasteiger partial charge >= 0.3 is 0 Å². The average molecular weight is 358 g/mol. The molecular weight excluding hydrogens is 336 g/mol. The average Bonchev–Trinajstić information content (AvgIpc) is 2.85. The van der Waals surface area contributed by atoms with Gasteiger partial charge in [-0.05, 0) is 24.2 Å². The fraction of sp³-hybridized carbons (Fsp3) is 0.474. The molecule has 0 saturated carbocycles. The molecule has 0 aromatic carbocycles. The minimum atomic E-state index is -0.507. The summed E-state index contributed by atoms with van der Waals surface area (Å²) in [5.41, 5.74) is 7.50. The zero-order valence-electron chi connectivity index (χ0n) is 14.9. The van der Waals surface area contributed by atoms with Gasteiger partial charge in [-0.3, -0.25) is 4.79 Å². The van der Waals surface area contributed by atoms with Crippen LogP contribution in [0.4, 0.5) is 0 Å². The van der Waals surface area contributed by atoms with E-state index >= 15 is 0 Å². The van der Waals surface area contributed by atoms with E-state index in [2.05, 4.69) is 6.07 Å². The number of nitrogens with zero attached hydrogens (tertiary/aromatic N) is 1. The van der Waals surface area contributed by atoms with Crippen LogP contribution < -0.4 is 5.73 Å². The molecule has 1 aromatic heterocycles. The van der Waals surface area contributed by atoms with Crippen molar-refractivity contribution in [2.24, 2.45) is 11.1 Å². The van der Waals surface area contributed by atoms with E-state index in [9.17, 15) is 10.1 Å². The molecule has 1 atom stereocenters. The smallest absolute Gasteiger partial charge is 0.205 e. The molecule has 5 nitrogen and oxygen atoms in total. The zero-order chi connectivity index (χ0) is 18.4. The van der Waals surface area contributed by atoms with Crippen LogP contribution in [0.25, 0.3) is 0 Å². The van der Waals surface area contributed by atoms with Crippen LogP contribution in [0.1, 0.15) is 50.9 Å². The molecule has 1 aliphatic carbocycles. The van der Waals surface area contributed by atoms with Gasteiger partial charge in [0.1, 0.15) is 23.2 Å². The van der Waals surface area contributed by atoms with Gasteiger partial charge in [0.05, 0.1) is 5.92 Å². The first-order valence-corrected chi connectivity index (χ1v) is 9.33. The molecule has 1 aromatic rings. The molecule has 2 N–H and O–H groups in total. The lowest BCUT2D eigenvalue weighted by molar-refractivity contribution is -0.119. The maximum Gasteiger partial charge on any atom is 0.205 e. The Balaban J connectivity index is 2.16. The quantitative estimate of drug-likeness (QED) is 0.816. The van der Waals surface area contributed by atoms with Crippen LogP contribution >= 0.6 is 11.8 Å². The maximum atomic E-state index is 12.9. The molecule has 132 valence electrons. The summed E-state index contributed by atoms with van der Waals surface area (Å²) in [4.78, 5) is 12.9. The van der Waals surface area contributed by atoms with Crippen molar-refractivity contribution in [1.82, 2.24) is 0 Å². The standard InChI is InChI=1S/C19H22N2O3S/c1-5-25-15-6-11(10(2)23-15)16-12(9-20)18(21)24-14-8-19(3,4)7-13(22)17(14)16/h6,16H,5,7-8,21H2,1-4H3/t16-/m1/s1. The molecule has 0 spiro atoms. The summed E-state index contributed by atoms with van der Waals surface area (Å²) in [5, 5.41) is 10.4. The van der Waals surface area contributed by atoms with Crippen LogP contribution in [-0.2, 0) is 9.53 Å². The van der Waals surface area contributed by atoms with Crippen LogP contribution in [0.15, 0.2) is 38.4 Å². The third kappa shape index (κ3) is 3.09. The number of ether oxygens (including phenoxy) is 1. The van der Waals surface area contributed by atoms with Gasteiger partial charge in [0.2, 0.25) is 5.88 Å². The fourth-order valence-electron chi connectivity index (χ4n) is 3.56. The van der Waals surface area contributed by atoms with E-state index in [1.807, 2.05) is 33.8 Å². The van der Waals surface area contributed by atoms with Gasteiger partial charge in [-0.1, -0.05) is 32.5 Å². The Morgan fingerprint density at radius 2 is 2.16 bits per heavy atom. The minimum Gasteiger partial charge on any atom is -0.455 e. The van der Waals surface area contributed by atoms with E-state index in [1.54, 1.807) is 11.8 Å². The Morgan fingerprint density at radius 3 is 2.80 bits per heavy atom. The maximum absolute atomic E-state index is 12.9. The highest BCUT2D eigenvalue weighted by Crippen LogP contribution is 2.49. The van der Waals surface area contributed by atoms with Gasteiger partial charge in [0, 0.05) is 24.0 Å². The third-order valence-electron chi connectivity index (χ3n) is 4.61. The monoisotopic (exact) mass is 358 g/mol. The van der Waals surface area contributed by atoms with Gasteiger partial charge in [0.15, 0.2) is 10.9 Å². The van der Waals surface area contributed by atoms with Crippen molar-refractivity contribution >= 4 is 17.5 Å². The molecule has 3 rings (SSSR count). The molecule has 2 heterocycles. The number of nitrogens with two attached hydrogens (primary N) is 1. The van der Waals surface area contributed by atoms with Crippen molar-refractivity contribution in [2.45, 2.75) is 51.5 Å². The SMILES string of the molecule is CCSc1cc([C@@H]2C(C#N)=C(N)OC3=C2C(=O)CC(C)(C)C3)c(C)o1. The molecule has 6 heteroatoms. The fourth-order valence-corrected chi connectivity index (χ4v) is 4.24. The molecule has 0 amide bonds. The van der Waals surface area contributed by atoms with Crippen molar-refractivity contribution in [2.75, 3.05) is 5.75 Å². The summed E-state index contributed by atoms with van der Waals surface area (Å²) in [6.07, 6.45) is 1.05. The number of ketones is 1. The number of hydrogen-bond acceptors (Lipinski definition) is 6. The van der Waals surface area contributed by atoms with Crippen LogP contribution in [0.3, 0.4) is 0 Å². The second-order valence-corrected chi connectivity index (χ2v) is 8.48. The number of hydrogen-bond donors (Lipinski definition) is 1. The number of carbonyl (C=O) groups is 1. The van der Waals surface area contributed by atoms with Gasteiger partial charge in [0.25, 0.3) is 0 Å². The second-order valence-electron chi connectivity index (χ2n) is 7.21. The summed E-state index contributed by atoms with van der Waals surface area (Å²) in [7, 11) is 0. The highest BCUT2D eigenvalue weighted by Gasteiger charge is 2.43. The van der Waals surface area contributed by atoms with E-state index in [0.29, 0.717) is 29.9 Å². The molecule has 0 bridgehead atoms. The normalized spacial score (nSPS) is 22.5. The van der Waals surface area contributed by atoms with Crippen LogP contribution in [0.5, 0.6) is 0 Å². The number of furan rings is 1. The number of aryl methyl sites for hydroxylation is 1. The zero-order valence-corrected chi connectivity index (χ0v) is 15.8. The number of thioether (sulfide) groups is 1. The Kier molecular flexibility index (Phi) is 4.46. The molecule has 2 aliphatic rings. The van der Waals surface area contributed by atoms with Gasteiger partial charge in [-0.15, -0.1) is 0 Å². The van der Waals surface area contributed by atoms with Crippen molar-refractivity contribution in [3.63, 3.8) is 0 Å². The van der Waals surface area contributed by atoms with Gasteiger partial charge < -0.3 is 14.9 Å².